The second-order valence-electron chi connectivity index (χ2n) is 8.94. The van der Waals surface area contributed by atoms with E-state index in [4.69, 9.17) is 4.74 Å². The van der Waals surface area contributed by atoms with Gasteiger partial charge in [0.2, 0.25) is 5.95 Å². The predicted octanol–water partition coefficient (Wildman–Crippen LogP) is 3.78. The Hall–Kier alpha value is -3.46. The summed E-state index contributed by atoms with van der Waals surface area (Å²) in [7, 11) is 1.75. The van der Waals surface area contributed by atoms with Crippen molar-refractivity contribution in [3.8, 4) is 11.1 Å². The first-order valence-electron chi connectivity index (χ1n) is 11.4. The molecule has 0 bridgehead atoms. The summed E-state index contributed by atoms with van der Waals surface area (Å²) in [6.07, 6.45) is 11.4. The standard InChI is InChI=1S/C24H29N7O2/c1-14(2)28-24-26-12-19-18(11-25-22(19)30-24)15-8-9-31-21(10-15)20(13-27-31)23(32)29-16-4-6-17(33-3)7-5-16/h8-14,16-17H,4-7H2,1-3H3,(H,29,32)(H2,25,26,28,30). The monoisotopic (exact) mass is 447 g/mol. The molecule has 9 heteroatoms. The van der Waals surface area contributed by atoms with Crippen LogP contribution in [0.3, 0.4) is 0 Å². The fourth-order valence-corrected chi connectivity index (χ4v) is 4.50. The van der Waals surface area contributed by atoms with E-state index in [1.54, 1.807) is 17.8 Å². The lowest BCUT2D eigenvalue weighted by atomic mass is 9.93. The van der Waals surface area contributed by atoms with Gasteiger partial charge in [-0.1, -0.05) is 0 Å². The molecular formula is C24H29N7O2. The lowest BCUT2D eigenvalue weighted by Crippen LogP contribution is -2.38. The molecule has 4 aromatic heterocycles. The predicted molar refractivity (Wildman–Crippen MR) is 127 cm³/mol. The molecule has 1 fully saturated rings. The Morgan fingerprint density at radius 2 is 2.06 bits per heavy atom. The smallest absolute Gasteiger partial charge is 0.255 e. The number of H-pyrrole nitrogens is 1. The molecule has 4 aromatic rings. The third kappa shape index (κ3) is 4.28. The van der Waals surface area contributed by atoms with Gasteiger partial charge in [0.15, 0.2) is 0 Å². The molecule has 3 N–H and O–H groups in total. The van der Waals surface area contributed by atoms with Gasteiger partial charge in [0, 0.05) is 48.7 Å². The maximum atomic E-state index is 13.0. The highest BCUT2D eigenvalue weighted by Gasteiger charge is 2.24. The number of nitrogens with zero attached hydrogens (tertiary/aromatic N) is 4. The Kier molecular flexibility index (Phi) is 5.72. The summed E-state index contributed by atoms with van der Waals surface area (Å²) in [5.74, 6) is 0.505. The summed E-state index contributed by atoms with van der Waals surface area (Å²) in [6.45, 7) is 4.10. The van der Waals surface area contributed by atoms with Gasteiger partial charge in [-0.25, -0.2) is 9.50 Å². The summed E-state index contributed by atoms with van der Waals surface area (Å²) in [6, 6.07) is 4.39. The fraction of sp³-hybridized carbons (Fsp3) is 0.417. The Labute approximate surface area is 192 Å². The van der Waals surface area contributed by atoms with Crippen molar-refractivity contribution in [2.24, 2.45) is 0 Å². The average Bonchev–Trinajstić information content (AvgIpc) is 3.42. The number of carbonyl (C=O) groups is 1. The highest BCUT2D eigenvalue weighted by molar-refractivity contribution is 6.02. The molecule has 0 aromatic carbocycles. The van der Waals surface area contributed by atoms with Gasteiger partial charge in [0.1, 0.15) is 5.65 Å². The Morgan fingerprint density at radius 3 is 2.82 bits per heavy atom. The topological polar surface area (TPSA) is 109 Å². The first kappa shape index (κ1) is 21.4. The van der Waals surface area contributed by atoms with E-state index in [0.29, 0.717) is 17.6 Å². The molecule has 0 saturated heterocycles. The van der Waals surface area contributed by atoms with E-state index in [2.05, 4.69) is 30.7 Å². The summed E-state index contributed by atoms with van der Waals surface area (Å²) < 4.78 is 7.17. The molecule has 1 saturated carbocycles. The van der Waals surface area contributed by atoms with Crippen LogP contribution in [-0.2, 0) is 4.74 Å². The Bertz CT molecular complexity index is 1280. The number of carbonyl (C=O) groups excluding carboxylic acids is 1. The molecule has 5 rings (SSSR count). The van der Waals surface area contributed by atoms with Crippen molar-refractivity contribution in [1.82, 2.24) is 29.9 Å². The van der Waals surface area contributed by atoms with E-state index in [1.807, 2.05) is 44.6 Å². The molecule has 33 heavy (non-hydrogen) atoms. The number of fused-ring (bicyclic) bond motifs is 2. The zero-order valence-electron chi connectivity index (χ0n) is 19.1. The average molecular weight is 448 g/mol. The fourth-order valence-electron chi connectivity index (χ4n) is 4.50. The van der Waals surface area contributed by atoms with Crippen LogP contribution in [0, 0.1) is 0 Å². The van der Waals surface area contributed by atoms with E-state index >= 15 is 0 Å². The number of ether oxygens (including phenoxy) is 1. The van der Waals surface area contributed by atoms with Crippen LogP contribution >= 0.6 is 0 Å². The van der Waals surface area contributed by atoms with Crippen LogP contribution in [0.5, 0.6) is 0 Å². The normalized spacial score (nSPS) is 18.8. The molecule has 0 radical (unpaired) electrons. The molecule has 0 unspecified atom stereocenters. The number of rotatable bonds is 6. The van der Waals surface area contributed by atoms with Crippen molar-refractivity contribution < 1.29 is 9.53 Å². The van der Waals surface area contributed by atoms with E-state index < -0.39 is 0 Å². The molecule has 0 spiro atoms. The molecule has 0 aliphatic heterocycles. The first-order valence-corrected chi connectivity index (χ1v) is 11.4. The van der Waals surface area contributed by atoms with Gasteiger partial charge in [-0.15, -0.1) is 0 Å². The highest BCUT2D eigenvalue weighted by atomic mass is 16.5. The number of hydrogen-bond acceptors (Lipinski definition) is 6. The summed E-state index contributed by atoms with van der Waals surface area (Å²) >= 11 is 0. The SMILES string of the molecule is COC1CCC(NC(=O)c2cnn3ccc(-c4c[nH]c5nc(NC(C)C)ncc45)cc23)CC1. The molecule has 0 atom stereocenters. The number of methoxy groups -OCH3 is 1. The third-order valence-corrected chi connectivity index (χ3v) is 6.27. The van der Waals surface area contributed by atoms with Crippen LogP contribution in [-0.4, -0.2) is 55.8 Å². The Balaban J connectivity index is 1.41. The van der Waals surface area contributed by atoms with Crippen molar-refractivity contribution in [2.75, 3.05) is 12.4 Å². The van der Waals surface area contributed by atoms with Gasteiger partial charge in [-0.2, -0.15) is 10.1 Å². The van der Waals surface area contributed by atoms with Crippen molar-refractivity contribution in [3.05, 3.63) is 42.5 Å². The van der Waals surface area contributed by atoms with Crippen molar-refractivity contribution in [3.63, 3.8) is 0 Å². The van der Waals surface area contributed by atoms with Crippen molar-refractivity contribution in [2.45, 2.75) is 57.7 Å². The second-order valence-corrected chi connectivity index (χ2v) is 8.94. The van der Waals surface area contributed by atoms with Gasteiger partial charge in [-0.05, 0) is 57.2 Å². The van der Waals surface area contributed by atoms with Crippen LogP contribution in [0.4, 0.5) is 5.95 Å². The quantitative estimate of drug-likeness (QED) is 0.415. The number of aromatic amines is 1. The second kappa shape index (κ2) is 8.82. The molecule has 9 nitrogen and oxygen atoms in total. The summed E-state index contributed by atoms with van der Waals surface area (Å²) in [5, 5.41) is 11.7. The zero-order chi connectivity index (χ0) is 22.9. The molecule has 1 aliphatic carbocycles. The number of aromatic nitrogens is 5. The molecule has 1 amide bonds. The van der Waals surface area contributed by atoms with Crippen LogP contribution in [0.1, 0.15) is 49.9 Å². The lowest BCUT2D eigenvalue weighted by molar-refractivity contribution is 0.0599. The highest BCUT2D eigenvalue weighted by Crippen LogP contribution is 2.29. The van der Waals surface area contributed by atoms with Crippen LogP contribution in [0.15, 0.2) is 36.9 Å². The Morgan fingerprint density at radius 1 is 1.24 bits per heavy atom. The molecule has 4 heterocycles. The minimum Gasteiger partial charge on any atom is -0.381 e. The van der Waals surface area contributed by atoms with Crippen LogP contribution in [0.25, 0.3) is 27.7 Å². The minimum absolute atomic E-state index is 0.0883. The van der Waals surface area contributed by atoms with Crippen LogP contribution in [0.2, 0.25) is 0 Å². The van der Waals surface area contributed by atoms with Gasteiger partial charge < -0.3 is 20.4 Å². The van der Waals surface area contributed by atoms with E-state index in [-0.39, 0.29) is 18.0 Å². The van der Waals surface area contributed by atoms with E-state index in [1.165, 1.54) is 0 Å². The van der Waals surface area contributed by atoms with Crippen molar-refractivity contribution in [1.29, 1.82) is 0 Å². The van der Waals surface area contributed by atoms with Gasteiger partial charge in [0.25, 0.3) is 5.91 Å². The molecule has 172 valence electrons. The number of pyridine rings is 1. The van der Waals surface area contributed by atoms with Crippen LogP contribution < -0.4 is 10.6 Å². The number of hydrogen-bond donors (Lipinski definition) is 3. The maximum absolute atomic E-state index is 13.0. The summed E-state index contributed by atoms with van der Waals surface area (Å²) in [4.78, 5) is 25.3. The first-order chi connectivity index (χ1) is 16.0. The zero-order valence-corrected chi connectivity index (χ0v) is 19.1. The van der Waals surface area contributed by atoms with Gasteiger partial charge in [-0.3, -0.25) is 4.79 Å². The van der Waals surface area contributed by atoms with Crippen molar-refractivity contribution >= 4 is 28.4 Å². The number of amides is 1. The summed E-state index contributed by atoms with van der Waals surface area (Å²) in [5.41, 5.74) is 4.06. The van der Waals surface area contributed by atoms with Gasteiger partial charge in [0.05, 0.1) is 23.4 Å². The molecule has 1 aliphatic rings. The largest absolute Gasteiger partial charge is 0.381 e. The maximum Gasteiger partial charge on any atom is 0.255 e. The lowest BCUT2D eigenvalue weighted by Gasteiger charge is -2.28. The minimum atomic E-state index is -0.0883. The number of nitrogens with one attached hydrogen (secondary N) is 3. The van der Waals surface area contributed by atoms with Gasteiger partial charge >= 0.3 is 0 Å². The van der Waals surface area contributed by atoms with E-state index in [9.17, 15) is 4.79 Å². The number of anilines is 1. The third-order valence-electron chi connectivity index (χ3n) is 6.27. The molecular weight excluding hydrogens is 418 g/mol. The van der Waals surface area contributed by atoms with E-state index in [0.717, 1.165) is 53.4 Å².